The van der Waals surface area contributed by atoms with E-state index in [2.05, 4.69) is 14.7 Å². The number of ether oxygens (including phenoxy) is 1. The van der Waals surface area contributed by atoms with Gasteiger partial charge in [-0.25, -0.2) is 13.6 Å². The van der Waals surface area contributed by atoms with Crippen LogP contribution in [0.1, 0.15) is 35.1 Å². The molecule has 0 aliphatic rings. The van der Waals surface area contributed by atoms with Gasteiger partial charge in [-0.15, -0.1) is 0 Å². The summed E-state index contributed by atoms with van der Waals surface area (Å²) in [7, 11) is 0.899. The van der Waals surface area contributed by atoms with E-state index < -0.39 is 47.8 Å². The number of methoxy groups -OCH3 is 1. The van der Waals surface area contributed by atoms with Gasteiger partial charge in [-0.3, -0.25) is 9.98 Å². The standard InChI is InChI=1S/C23H20F8N2O2/c1-35-20(34)21(19(24)25,33-14-16-5-9-18(10-6-16)23(29,30)31)11-2-12-32-13-15-3-7-17(8-4-15)22(26,27)28/h3-10,13-14,19H,2,11-12H2,1H3/b32-13+,33-14+. The van der Waals surface area contributed by atoms with E-state index in [1.807, 2.05) is 0 Å². The first-order valence-corrected chi connectivity index (χ1v) is 10.1. The number of esters is 1. The van der Waals surface area contributed by atoms with Crippen LogP contribution in [0, 0.1) is 0 Å². The number of halogens is 8. The Kier molecular flexibility index (Phi) is 9.11. The quantitative estimate of drug-likeness (QED) is 0.175. The minimum absolute atomic E-state index is 0.0533. The summed E-state index contributed by atoms with van der Waals surface area (Å²) in [4.78, 5) is 19.8. The second-order valence-electron chi connectivity index (χ2n) is 7.35. The van der Waals surface area contributed by atoms with Crippen molar-refractivity contribution in [3.63, 3.8) is 0 Å². The lowest BCUT2D eigenvalue weighted by Gasteiger charge is -2.25. The molecule has 1 atom stereocenters. The fourth-order valence-electron chi connectivity index (χ4n) is 2.97. The van der Waals surface area contributed by atoms with Crippen molar-refractivity contribution in [1.82, 2.24) is 0 Å². The van der Waals surface area contributed by atoms with E-state index in [4.69, 9.17) is 0 Å². The predicted octanol–water partition coefficient (Wildman–Crippen LogP) is 6.22. The Balaban J connectivity index is 2.11. The van der Waals surface area contributed by atoms with Crippen LogP contribution in [0.5, 0.6) is 0 Å². The summed E-state index contributed by atoms with van der Waals surface area (Å²) in [5.41, 5.74) is -3.96. The first kappa shape index (κ1) is 27.9. The summed E-state index contributed by atoms with van der Waals surface area (Å²) in [5, 5.41) is 0. The lowest BCUT2D eigenvalue weighted by molar-refractivity contribution is -0.153. The fraction of sp³-hybridized carbons (Fsp3) is 0.348. The van der Waals surface area contributed by atoms with Crippen molar-refractivity contribution in [1.29, 1.82) is 0 Å². The first-order valence-electron chi connectivity index (χ1n) is 10.1. The number of rotatable bonds is 9. The molecule has 12 heteroatoms. The van der Waals surface area contributed by atoms with Crippen molar-refractivity contribution >= 4 is 18.4 Å². The van der Waals surface area contributed by atoms with Gasteiger partial charge in [-0.05, 0) is 48.2 Å². The highest BCUT2D eigenvalue weighted by atomic mass is 19.4. The van der Waals surface area contributed by atoms with Crippen LogP contribution in [0.25, 0.3) is 0 Å². The average molecular weight is 508 g/mol. The Morgan fingerprint density at radius 1 is 0.857 bits per heavy atom. The molecule has 0 bridgehead atoms. The van der Waals surface area contributed by atoms with E-state index in [1.165, 1.54) is 18.3 Å². The van der Waals surface area contributed by atoms with Gasteiger partial charge in [0.2, 0.25) is 5.54 Å². The highest BCUT2D eigenvalue weighted by molar-refractivity contribution is 5.87. The molecule has 0 radical (unpaired) electrons. The van der Waals surface area contributed by atoms with Gasteiger partial charge in [-0.1, -0.05) is 24.3 Å². The van der Waals surface area contributed by atoms with Crippen molar-refractivity contribution in [3.05, 3.63) is 70.8 Å². The molecule has 0 spiro atoms. The highest BCUT2D eigenvalue weighted by Gasteiger charge is 2.47. The summed E-state index contributed by atoms with van der Waals surface area (Å²) in [5.74, 6) is -1.33. The third kappa shape index (κ3) is 7.59. The van der Waals surface area contributed by atoms with Gasteiger partial charge in [0.05, 0.1) is 18.2 Å². The van der Waals surface area contributed by atoms with Gasteiger partial charge in [0.15, 0.2) is 0 Å². The third-order valence-corrected chi connectivity index (χ3v) is 4.91. The molecule has 190 valence electrons. The molecule has 0 aliphatic heterocycles. The molecule has 0 saturated heterocycles. The number of hydrogen-bond acceptors (Lipinski definition) is 4. The third-order valence-electron chi connectivity index (χ3n) is 4.91. The molecule has 0 saturated carbocycles. The van der Waals surface area contributed by atoms with E-state index in [0.717, 1.165) is 49.7 Å². The van der Waals surface area contributed by atoms with E-state index >= 15 is 0 Å². The number of carbonyl (C=O) groups excluding carboxylic acids is 1. The number of alkyl halides is 8. The van der Waals surface area contributed by atoms with E-state index in [1.54, 1.807) is 0 Å². The van der Waals surface area contributed by atoms with Crippen LogP contribution >= 0.6 is 0 Å². The maximum absolute atomic E-state index is 13.9. The number of carbonyl (C=O) groups is 1. The predicted molar refractivity (Wildman–Crippen MR) is 113 cm³/mol. The Bertz CT molecular complexity index is 1030. The summed E-state index contributed by atoms with van der Waals surface area (Å²) in [6, 6.07) is 7.67. The second-order valence-corrected chi connectivity index (χ2v) is 7.35. The van der Waals surface area contributed by atoms with Crippen LogP contribution < -0.4 is 0 Å². The molecule has 0 N–H and O–H groups in total. The van der Waals surface area contributed by atoms with Crippen LogP contribution in [0.4, 0.5) is 35.1 Å². The van der Waals surface area contributed by atoms with Gasteiger partial charge < -0.3 is 4.74 Å². The number of hydrogen-bond donors (Lipinski definition) is 0. The monoisotopic (exact) mass is 508 g/mol. The Morgan fingerprint density at radius 2 is 1.31 bits per heavy atom. The minimum atomic E-state index is -4.57. The summed E-state index contributed by atoms with van der Waals surface area (Å²) in [6.07, 6.45) is -10.8. The van der Waals surface area contributed by atoms with E-state index in [9.17, 15) is 39.9 Å². The van der Waals surface area contributed by atoms with Crippen LogP contribution in [0.2, 0.25) is 0 Å². The van der Waals surface area contributed by atoms with Crippen LogP contribution in [0.3, 0.4) is 0 Å². The van der Waals surface area contributed by atoms with Crippen LogP contribution in [-0.4, -0.2) is 44.0 Å². The van der Waals surface area contributed by atoms with E-state index in [-0.39, 0.29) is 18.5 Å². The van der Waals surface area contributed by atoms with Crippen molar-refractivity contribution in [2.45, 2.75) is 37.2 Å². The largest absolute Gasteiger partial charge is 0.467 e. The molecule has 35 heavy (non-hydrogen) atoms. The first-order chi connectivity index (χ1) is 16.3. The minimum Gasteiger partial charge on any atom is -0.467 e. The molecule has 2 aromatic rings. The maximum atomic E-state index is 13.9. The van der Waals surface area contributed by atoms with Crippen LogP contribution in [0.15, 0.2) is 58.5 Å². The van der Waals surface area contributed by atoms with Crippen molar-refractivity contribution in [3.8, 4) is 0 Å². The zero-order valence-corrected chi connectivity index (χ0v) is 18.2. The Labute approximate surface area is 195 Å². The van der Waals surface area contributed by atoms with Gasteiger partial charge >= 0.3 is 18.3 Å². The second kappa shape index (κ2) is 11.4. The average Bonchev–Trinajstić information content (AvgIpc) is 2.79. The van der Waals surface area contributed by atoms with Crippen molar-refractivity contribution < 1.29 is 44.7 Å². The van der Waals surface area contributed by atoms with Crippen LogP contribution in [-0.2, 0) is 21.9 Å². The molecule has 2 rings (SSSR count). The van der Waals surface area contributed by atoms with Gasteiger partial charge in [0.25, 0.3) is 6.43 Å². The number of aliphatic imine (C=N–C) groups is 2. The van der Waals surface area contributed by atoms with Gasteiger partial charge in [-0.2, -0.15) is 26.3 Å². The highest BCUT2D eigenvalue weighted by Crippen LogP contribution is 2.31. The molecule has 4 nitrogen and oxygen atoms in total. The number of benzene rings is 2. The lowest BCUT2D eigenvalue weighted by Crippen LogP contribution is -2.45. The Hall–Kier alpha value is -3.31. The molecule has 0 fully saturated rings. The zero-order valence-electron chi connectivity index (χ0n) is 18.2. The maximum Gasteiger partial charge on any atom is 0.416 e. The molecule has 0 aliphatic carbocycles. The molecule has 0 amide bonds. The van der Waals surface area contributed by atoms with Gasteiger partial charge in [0, 0.05) is 19.0 Å². The molecule has 0 heterocycles. The summed E-state index contributed by atoms with van der Waals surface area (Å²) >= 11 is 0. The molecular formula is C23H20F8N2O2. The Morgan fingerprint density at radius 3 is 1.71 bits per heavy atom. The fourth-order valence-corrected chi connectivity index (χ4v) is 2.97. The zero-order chi connectivity index (χ0) is 26.3. The SMILES string of the molecule is COC(=O)C(CCC/N=C/c1ccc(C(F)(F)F)cc1)(/N=C/c1ccc(C(F)(F)F)cc1)C(F)F. The smallest absolute Gasteiger partial charge is 0.416 e. The number of nitrogens with zero attached hydrogens (tertiary/aromatic N) is 2. The lowest BCUT2D eigenvalue weighted by atomic mass is 9.94. The molecule has 1 unspecified atom stereocenters. The topological polar surface area (TPSA) is 51.0 Å². The van der Waals surface area contributed by atoms with Gasteiger partial charge in [0.1, 0.15) is 0 Å². The normalized spacial score (nSPS) is 14.6. The molecular weight excluding hydrogens is 488 g/mol. The molecule has 0 aromatic heterocycles. The van der Waals surface area contributed by atoms with Crippen molar-refractivity contribution in [2.24, 2.45) is 9.98 Å². The van der Waals surface area contributed by atoms with Crippen molar-refractivity contribution in [2.75, 3.05) is 13.7 Å². The summed E-state index contributed by atoms with van der Waals surface area (Å²) < 4.78 is 108. The summed E-state index contributed by atoms with van der Waals surface area (Å²) in [6.45, 7) is -0.0533. The van der Waals surface area contributed by atoms with E-state index in [0.29, 0.717) is 5.56 Å². The molecule has 2 aromatic carbocycles.